The van der Waals surface area contributed by atoms with Gasteiger partial charge in [0, 0.05) is 19.1 Å². The lowest BCUT2D eigenvalue weighted by Gasteiger charge is -2.40. The number of hydrogen-bond acceptors (Lipinski definition) is 2. The van der Waals surface area contributed by atoms with Crippen LogP contribution in [-0.2, 0) is 4.79 Å². The highest BCUT2D eigenvalue weighted by Gasteiger charge is 2.34. The van der Waals surface area contributed by atoms with Gasteiger partial charge in [-0.1, -0.05) is 34.6 Å². The average molecular weight is 269 g/mol. The standard InChI is InChI=1S/C16H31NO2/c1-15(2,3)11-14(19)17-13-8-12(9-13)10-16(4,5)6-7-18/h12-13,18H,6-11H2,1-5H3,(H,17,19). The fourth-order valence-corrected chi connectivity index (χ4v) is 2.97. The summed E-state index contributed by atoms with van der Waals surface area (Å²) in [5.41, 5.74) is 0.288. The lowest BCUT2D eigenvalue weighted by Crippen LogP contribution is -2.46. The Morgan fingerprint density at radius 1 is 1.21 bits per heavy atom. The van der Waals surface area contributed by atoms with E-state index < -0.39 is 0 Å². The minimum atomic E-state index is 0.0658. The number of amides is 1. The lowest BCUT2D eigenvalue weighted by molar-refractivity contribution is -0.124. The molecule has 0 saturated heterocycles. The first-order valence-electron chi connectivity index (χ1n) is 7.51. The van der Waals surface area contributed by atoms with Crippen molar-refractivity contribution in [3.63, 3.8) is 0 Å². The Bertz CT molecular complexity index is 298. The molecule has 3 nitrogen and oxygen atoms in total. The molecule has 1 saturated carbocycles. The number of carbonyl (C=O) groups is 1. The van der Waals surface area contributed by atoms with Crippen molar-refractivity contribution in [2.24, 2.45) is 16.7 Å². The van der Waals surface area contributed by atoms with Crippen molar-refractivity contribution in [2.45, 2.75) is 72.8 Å². The van der Waals surface area contributed by atoms with Gasteiger partial charge in [-0.05, 0) is 42.4 Å². The molecule has 1 rings (SSSR count). The topological polar surface area (TPSA) is 49.3 Å². The largest absolute Gasteiger partial charge is 0.396 e. The van der Waals surface area contributed by atoms with E-state index in [0.717, 1.165) is 25.7 Å². The van der Waals surface area contributed by atoms with Gasteiger partial charge in [0.2, 0.25) is 5.91 Å². The first-order valence-corrected chi connectivity index (χ1v) is 7.51. The summed E-state index contributed by atoms with van der Waals surface area (Å²) in [6.07, 6.45) is 4.82. The van der Waals surface area contributed by atoms with Crippen molar-refractivity contribution in [1.82, 2.24) is 5.32 Å². The monoisotopic (exact) mass is 269 g/mol. The molecule has 0 aromatic carbocycles. The van der Waals surface area contributed by atoms with Gasteiger partial charge in [0.15, 0.2) is 0 Å². The van der Waals surface area contributed by atoms with Gasteiger partial charge < -0.3 is 10.4 Å². The molecule has 0 spiro atoms. The first kappa shape index (κ1) is 16.5. The van der Waals surface area contributed by atoms with E-state index in [4.69, 9.17) is 5.11 Å². The van der Waals surface area contributed by atoms with Crippen molar-refractivity contribution in [3.8, 4) is 0 Å². The summed E-state index contributed by atoms with van der Waals surface area (Å²) in [4.78, 5) is 11.8. The molecular formula is C16H31NO2. The molecule has 112 valence electrons. The molecule has 3 heteroatoms. The highest BCUT2D eigenvalue weighted by molar-refractivity contribution is 5.76. The van der Waals surface area contributed by atoms with Gasteiger partial charge in [0.1, 0.15) is 0 Å². The summed E-state index contributed by atoms with van der Waals surface area (Å²) in [6, 6.07) is 0.379. The highest BCUT2D eigenvalue weighted by Crippen LogP contribution is 2.39. The Hall–Kier alpha value is -0.570. The fraction of sp³-hybridized carbons (Fsp3) is 0.938. The molecule has 1 aliphatic carbocycles. The fourth-order valence-electron chi connectivity index (χ4n) is 2.97. The Morgan fingerprint density at radius 3 is 2.26 bits per heavy atom. The SMILES string of the molecule is CC(C)(C)CC(=O)NC1CC(CC(C)(C)CCO)C1. The van der Waals surface area contributed by atoms with Crippen LogP contribution < -0.4 is 5.32 Å². The number of nitrogens with one attached hydrogen (secondary N) is 1. The zero-order valence-corrected chi connectivity index (χ0v) is 13.3. The molecule has 1 fully saturated rings. The summed E-state index contributed by atoms with van der Waals surface area (Å²) in [6.45, 7) is 11.0. The van der Waals surface area contributed by atoms with Crippen LogP contribution in [0.15, 0.2) is 0 Å². The summed E-state index contributed by atoms with van der Waals surface area (Å²) >= 11 is 0. The third-order valence-corrected chi connectivity index (χ3v) is 3.92. The Labute approximate surface area is 118 Å². The zero-order chi connectivity index (χ0) is 14.7. The Morgan fingerprint density at radius 2 is 1.79 bits per heavy atom. The van der Waals surface area contributed by atoms with E-state index in [-0.39, 0.29) is 23.3 Å². The summed E-state index contributed by atoms with van der Waals surface area (Å²) in [5, 5.41) is 12.2. The molecular weight excluding hydrogens is 238 g/mol. The maximum atomic E-state index is 11.8. The first-order chi connectivity index (χ1) is 8.61. The molecule has 1 amide bonds. The number of hydrogen-bond donors (Lipinski definition) is 2. The van der Waals surface area contributed by atoms with Crippen LogP contribution in [0.4, 0.5) is 0 Å². The van der Waals surface area contributed by atoms with Crippen LogP contribution in [0.1, 0.15) is 66.7 Å². The van der Waals surface area contributed by atoms with Crippen LogP contribution in [-0.4, -0.2) is 23.7 Å². The normalized spacial score (nSPS) is 23.9. The smallest absolute Gasteiger partial charge is 0.220 e. The van der Waals surface area contributed by atoms with Crippen molar-refractivity contribution in [1.29, 1.82) is 0 Å². The van der Waals surface area contributed by atoms with Gasteiger partial charge in [-0.25, -0.2) is 0 Å². The van der Waals surface area contributed by atoms with Crippen molar-refractivity contribution in [2.75, 3.05) is 6.61 Å². The van der Waals surface area contributed by atoms with Crippen molar-refractivity contribution < 1.29 is 9.90 Å². The van der Waals surface area contributed by atoms with Gasteiger partial charge >= 0.3 is 0 Å². The molecule has 0 aromatic heterocycles. The number of aliphatic hydroxyl groups excluding tert-OH is 1. The third kappa shape index (κ3) is 6.42. The van der Waals surface area contributed by atoms with E-state index in [1.54, 1.807) is 0 Å². The maximum absolute atomic E-state index is 11.8. The van der Waals surface area contributed by atoms with Crippen molar-refractivity contribution in [3.05, 3.63) is 0 Å². The number of rotatable bonds is 6. The maximum Gasteiger partial charge on any atom is 0.220 e. The molecule has 1 aliphatic rings. The predicted octanol–water partition coefficient (Wildman–Crippen LogP) is 3.12. The molecule has 0 aromatic rings. The molecule has 0 radical (unpaired) electrons. The lowest BCUT2D eigenvalue weighted by atomic mass is 9.70. The Balaban J connectivity index is 2.22. The third-order valence-electron chi connectivity index (χ3n) is 3.92. The number of aliphatic hydroxyl groups is 1. The summed E-state index contributed by atoms with van der Waals surface area (Å²) < 4.78 is 0. The van der Waals surface area contributed by atoms with Gasteiger partial charge in [-0.2, -0.15) is 0 Å². The van der Waals surface area contributed by atoms with Gasteiger partial charge in [-0.15, -0.1) is 0 Å². The van der Waals surface area contributed by atoms with E-state index in [1.807, 2.05) is 0 Å². The van der Waals surface area contributed by atoms with Crippen LogP contribution in [0, 0.1) is 16.7 Å². The van der Waals surface area contributed by atoms with Gasteiger partial charge in [-0.3, -0.25) is 4.79 Å². The van der Waals surface area contributed by atoms with E-state index in [0.29, 0.717) is 18.4 Å². The Kier molecular flexibility index (Phi) is 5.43. The van der Waals surface area contributed by atoms with Gasteiger partial charge in [0.25, 0.3) is 0 Å². The second-order valence-electron chi connectivity index (χ2n) is 8.18. The zero-order valence-electron chi connectivity index (χ0n) is 13.3. The van der Waals surface area contributed by atoms with E-state index in [2.05, 4.69) is 39.9 Å². The van der Waals surface area contributed by atoms with Crippen LogP contribution in [0.2, 0.25) is 0 Å². The van der Waals surface area contributed by atoms with Crippen molar-refractivity contribution >= 4 is 5.91 Å². The second kappa shape index (κ2) is 6.25. The summed E-state index contributed by atoms with van der Waals surface area (Å²) in [7, 11) is 0. The van der Waals surface area contributed by atoms with Crippen LogP contribution >= 0.6 is 0 Å². The summed E-state index contributed by atoms with van der Waals surface area (Å²) in [5.74, 6) is 0.895. The van der Waals surface area contributed by atoms with Gasteiger partial charge in [0.05, 0.1) is 0 Å². The minimum absolute atomic E-state index is 0.0658. The molecule has 0 atom stereocenters. The second-order valence-corrected chi connectivity index (χ2v) is 8.18. The molecule has 0 bridgehead atoms. The molecule has 0 heterocycles. The van der Waals surface area contributed by atoms with Crippen LogP contribution in [0.25, 0.3) is 0 Å². The molecule has 19 heavy (non-hydrogen) atoms. The highest BCUT2D eigenvalue weighted by atomic mass is 16.3. The average Bonchev–Trinajstić information content (AvgIpc) is 2.10. The number of carbonyl (C=O) groups excluding carboxylic acids is 1. The van der Waals surface area contributed by atoms with E-state index >= 15 is 0 Å². The molecule has 0 unspecified atom stereocenters. The minimum Gasteiger partial charge on any atom is -0.396 e. The molecule has 0 aliphatic heterocycles. The van der Waals surface area contributed by atoms with Crippen LogP contribution in [0.3, 0.4) is 0 Å². The van der Waals surface area contributed by atoms with E-state index in [9.17, 15) is 4.79 Å². The van der Waals surface area contributed by atoms with E-state index in [1.165, 1.54) is 0 Å². The van der Waals surface area contributed by atoms with Crippen LogP contribution in [0.5, 0.6) is 0 Å². The predicted molar refractivity (Wildman–Crippen MR) is 78.8 cm³/mol. The quantitative estimate of drug-likeness (QED) is 0.778. The molecule has 2 N–H and O–H groups in total.